The fourth-order valence-corrected chi connectivity index (χ4v) is 2.20. The molecule has 0 bridgehead atoms. The van der Waals surface area contributed by atoms with Crippen molar-refractivity contribution in [2.75, 3.05) is 10.6 Å². The Bertz CT molecular complexity index is 873. The van der Waals surface area contributed by atoms with Crippen molar-refractivity contribution in [3.8, 4) is 0 Å². The molecule has 8 heteroatoms. The molecule has 0 aliphatic rings. The quantitative estimate of drug-likeness (QED) is 0.596. The molecule has 1 aromatic heterocycles. The highest BCUT2D eigenvalue weighted by Gasteiger charge is 2.05. The van der Waals surface area contributed by atoms with Gasteiger partial charge < -0.3 is 15.7 Å². The highest BCUT2D eigenvalue weighted by molar-refractivity contribution is 6.33. The van der Waals surface area contributed by atoms with E-state index in [4.69, 9.17) is 16.7 Å². The maximum Gasteiger partial charge on any atom is 0.335 e. The lowest BCUT2D eigenvalue weighted by atomic mass is 10.2. The predicted octanol–water partition coefficient (Wildman–Crippen LogP) is 4.74. The van der Waals surface area contributed by atoms with E-state index < -0.39 is 5.97 Å². The number of carboxylic acids is 1. The summed E-state index contributed by atoms with van der Waals surface area (Å²) in [6.45, 7) is 0. The monoisotopic (exact) mass is 376 g/mol. The second-order valence-corrected chi connectivity index (χ2v) is 5.29. The number of para-hydroxylation sites is 1. The van der Waals surface area contributed by atoms with Gasteiger partial charge in [0.25, 0.3) is 0 Å². The maximum absolute atomic E-state index is 10.9. The van der Waals surface area contributed by atoms with E-state index >= 15 is 0 Å². The molecule has 0 unspecified atom stereocenters. The second kappa shape index (κ2) is 8.32. The van der Waals surface area contributed by atoms with Crippen molar-refractivity contribution < 1.29 is 9.90 Å². The minimum Gasteiger partial charge on any atom is -0.478 e. The largest absolute Gasteiger partial charge is 0.478 e. The van der Waals surface area contributed by atoms with Crippen LogP contribution < -0.4 is 10.6 Å². The van der Waals surface area contributed by atoms with E-state index in [9.17, 15) is 4.79 Å². The number of carbonyl (C=O) groups is 1. The van der Waals surface area contributed by atoms with Crippen LogP contribution in [-0.2, 0) is 0 Å². The van der Waals surface area contributed by atoms with Gasteiger partial charge in [-0.1, -0.05) is 23.7 Å². The Hall–Kier alpha value is -2.83. The van der Waals surface area contributed by atoms with Crippen LogP contribution in [0.3, 0.4) is 0 Å². The molecular formula is C17H14Cl2N4O2. The summed E-state index contributed by atoms with van der Waals surface area (Å²) in [5, 5.41) is 15.6. The Labute approximate surface area is 155 Å². The number of carboxylic acid groups (broad SMARTS) is 1. The standard InChI is InChI=1S/C17H13ClN4O2.ClH/c18-13-3-1-2-4-14(13)21-15-9-10-19-17(22-15)20-12-7-5-11(6-8-12)16(23)24;/h1-10H,(H,23,24)(H2,19,20,21,22);1H. The Kier molecular flexibility index (Phi) is 6.16. The van der Waals surface area contributed by atoms with Gasteiger partial charge in [-0.25, -0.2) is 9.78 Å². The summed E-state index contributed by atoms with van der Waals surface area (Å²) in [7, 11) is 0. The summed E-state index contributed by atoms with van der Waals surface area (Å²) in [6.07, 6.45) is 1.61. The van der Waals surface area contributed by atoms with Gasteiger partial charge in [-0.05, 0) is 42.5 Å². The third-order valence-corrected chi connectivity index (χ3v) is 3.51. The lowest BCUT2D eigenvalue weighted by Crippen LogP contribution is -2.01. The molecule has 3 rings (SSSR count). The zero-order chi connectivity index (χ0) is 16.9. The predicted molar refractivity (Wildman–Crippen MR) is 101 cm³/mol. The summed E-state index contributed by atoms with van der Waals surface area (Å²) in [6, 6.07) is 15.4. The van der Waals surface area contributed by atoms with Crippen LogP contribution in [0, 0.1) is 0 Å². The molecule has 0 spiro atoms. The molecule has 25 heavy (non-hydrogen) atoms. The number of benzene rings is 2. The number of anilines is 4. The number of hydrogen-bond acceptors (Lipinski definition) is 5. The van der Waals surface area contributed by atoms with Gasteiger partial charge in [-0.2, -0.15) is 4.98 Å². The third-order valence-electron chi connectivity index (χ3n) is 3.18. The van der Waals surface area contributed by atoms with E-state index in [1.54, 1.807) is 30.5 Å². The molecule has 0 aliphatic carbocycles. The Morgan fingerprint density at radius 2 is 1.72 bits per heavy atom. The average molecular weight is 377 g/mol. The number of nitrogens with one attached hydrogen (secondary N) is 2. The molecule has 0 fully saturated rings. The van der Waals surface area contributed by atoms with Crippen molar-refractivity contribution in [3.63, 3.8) is 0 Å². The van der Waals surface area contributed by atoms with Crippen molar-refractivity contribution in [2.45, 2.75) is 0 Å². The summed E-state index contributed by atoms with van der Waals surface area (Å²) in [5.41, 5.74) is 1.65. The van der Waals surface area contributed by atoms with Gasteiger partial charge in [0.1, 0.15) is 5.82 Å². The fraction of sp³-hybridized carbons (Fsp3) is 0. The van der Waals surface area contributed by atoms with Gasteiger partial charge in [0.15, 0.2) is 0 Å². The van der Waals surface area contributed by atoms with Crippen molar-refractivity contribution in [1.82, 2.24) is 9.97 Å². The zero-order valence-corrected chi connectivity index (χ0v) is 14.4. The van der Waals surface area contributed by atoms with Crippen LogP contribution in [-0.4, -0.2) is 21.0 Å². The number of aromatic carboxylic acids is 1. The highest BCUT2D eigenvalue weighted by atomic mass is 35.5. The van der Waals surface area contributed by atoms with Crippen molar-refractivity contribution >= 4 is 53.1 Å². The van der Waals surface area contributed by atoms with E-state index in [1.807, 2.05) is 18.2 Å². The van der Waals surface area contributed by atoms with Crippen LogP contribution in [0.2, 0.25) is 5.02 Å². The molecular weight excluding hydrogens is 363 g/mol. The lowest BCUT2D eigenvalue weighted by molar-refractivity contribution is 0.0697. The van der Waals surface area contributed by atoms with Gasteiger partial charge >= 0.3 is 5.97 Å². The van der Waals surface area contributed by atoms with Gasteiger partial charge in [0, 0.05) is 11.9 Å². The smallest absolute Gasteiger partial charge is 0.335 e. The first-order valence-corrected chi connectivity index (χ1v) is 7.44. The van der Waals surface area contributed by atoms with Crippen LogP contribution in [0.4, 0.5) is 23.1 Å². The van der Waals surface area contributed by atoms with Crippen molar-refractivity contribution in [2.24, 2.45) is 0 Å². The first-order chi connectivity index (χ1) is 11.6. The molecule has 1 heterocycles. The average Bonchev–Trinajstić information content (AvgIpc) is 2.58. The Morgan fingerprint density at radius 3 is 2.40 bits per heavy atom. The maximum atomic E-state index is 10.9. The second-order valence-electron chi connectivity index (χ2n) is 4.88. The van der Waals surface area contributed by atoms with Crippen LogP contribution in [0.5, 0.6) is 0 Å². The van der Waals surface area contributed by atoms with Crippen LogP contribution in [0.25, 0.3) is 0 Å². The van der Waals surface area contributed by atoms with E-state index in [-0.39, 0.29) is 18.0 Å². The first kappa shape index (κ1) is 18.5. The van der Waals surface area contributed by atoms with E-state index in [0.29, 0.717) is 22.5 Å². The van der Waals surface area contributed by atoms with E-state index in [1.165, 1.54) is 12.1 Å². The summed E-state index contributed by atoms with van der Waals surface area (Å²) >= 11 is 6.11. The van der Waals surface area contributed by atoms with Gasteiger partial charge in [-0.3, -0.25) is 0 Å². The summed E-state index contributed by atoms with van der Waals surface area (Å²) < 4.78 is 0. The van der Waals surface area contributed by atoms with Gasteiger partial charge in [0.2, 0.25) is 5.95 Å². The Balaban J connectivity index is 0.00000225. The van der Waals surface area contributed by atoms with E-state index in [0.717, 1.165) is 5.69 Å². The normalized spacial score (nSPS) is 9.80. The minimum atomic E-state index is -0.969. The lowest BCUT2D eigenvalue weighted by Gasteiger charge is -2.09. The molecule has 0 amide bonds. The SMILES string of the molecule is Cl.O=C(O)c1ccc(Nc2nccc(Nc3ccccc3Cl)n2)cc1. The summed E-state index contributed by atoms with van der Waals surface area (Å²) in [4.78, 5) is 19.4. The molecule has 3 N–H and O–H groups in total. The molecule has 6 nitrogen and oxygen atoms in total. The first-order valence-electron chi connectivity index (χ1n) is 7.07. The van der Waals surface area contributed by atoms with Crippen molar-refractivity contribution in [3.05, 3.63) is 71.4 Å². The fourth-order valence-electron chi connectivity index (χ4n) is 2.01. The number of aromatic nitrogens is 2. The van der Waals surface area contributed by atoms with Gasteiger partial charge in [0.05, 0.1) is 16.3 Å². The molecule has 0 saturated heterocycles. The zero-order valence-electron chi connectivity index (χ0n) is 12.8. The summed E-state index contributed by atoms with van der Waals surface area (Å²) in [5.74, 6) is 0.00150. The third kappa shape index (κ3) is 4.82. The topological polar surface area (TPSA) is 87.1 Å². The molecule has 0 saturated carbocycles. The minimum absolute atomic E-state index is 0. The highest BCUT2D eigenvalue weighted by Crippen LogP contribution is 2.24. The molecule has 0 radical (unpaired) electrons. The number of halogens is 2. The van der Waals surface area contributed by atoms with Crippen LogP contribution >= 0.6 is 24.0 Å². The molecule has 2 aromatic carbocycles. The Morgan fingerprint density at radius 1 is 1.00 bits per heavy atom. The number of rotatable bonds is 5. The van der Waals surface area contributed by atoms with Gasteiger partial charge in [-0.15, -0.1) is 12.4 Å². The molecule has 128 valence electrons. The molecule has 0 aliphatic heterocycles. The van der Waals surface area contributed by atoms with Crippen LogP contribution in [0.15, 0.2) is 60.8 Å². The number of nitrogens with zero attached hydrogens (tertiary/aromatic N) is 2. The van der Waals surface area contributed by atoms with Crippen LogP contribution in [0.1, 0.15) is 10.4 Å². The molecule has 0 atom stereocenters. The molecule has 3 aromatic rings. The number of hydrogen-bond donors (Lipinski definition) is 3. The van der Waals surface area contributed by atoms with Crippen molar-refractivity contribution in [1.29, 1.82) is 0 Å². The van der Waals surface area contributed by atoms with E-state index in [2.05, 4.69) is 20.6 Å².